The molecule has 6 nitrogen and oxygen atoms in total. The Morgan fingerprint density at radius 3 is 2.75 bits per heavy atom. The van der Waals surface area contributed by atoms with Crippen LogP contribution in [0, 0.1) is 6.92 Å². The number of aromatic nitrogens is 4. The monoisotopic (exact) mass is 391 g/mol. The third kappa shape index (κ3) is 3.53. The van der Waals surface area contributed by atoms with Gasteiger partial charge in [-0.1, -0.05) is 30.4 Å². The predicted molar refractivity (Wildman–Crippen MR) is 112 cm³/mol. The molecule has 0 saturated carbocycles. The lowest BCUT2D eigenvalue weighted by Gasteiger charge is -2.18. The molecule has 28 heavy (non-hydrogen) atoms. The molecule has 7 heteroatoms. The van der Waals surface area contributed by atoms with Crippen LogP contribution in [0.2, 0.25) is 0 Å². The van der Waals surface area contributed by atoms with E-state index >= 15 is 0 Å². The molecule has 0 atom stereocenters. The molecule has 3 aromatic heterocycles. The minimum absolute atomic E-state index is 0.177. The molecule has 0 aliphatic carbocycles. The van der Waals surface area contributed by atoms with Crippen LogP contribution in [0.15, 0.2) is 48.7 Å². The van der Waals surface area contributed by atoms with Gasteiger partial charge in [0, 0.05) is 18.9 Å². The highest BCUT2D eigenvalue weighted by Crippen LogP contribution is 2.31. The number of rotatable bonds is 5. The Morgan fingerprint density at radius 1 is 1.21 bits per heavy atom. The van der Waals surface area contributed by atoms with Gasteiger partial charge in [0.1, 0.15) is 0 Å². The largest absolute Gasteiger partial charge is 0.280 e. The van der Waals surface area contributed by atoms with Crippen molar-refractivity contribution in [2.75, 3.05) is 4.90 Å². The van der Waals surface area contributed by atoms with Crippen molar-refractivity contribution in [2.45, 2.75) is 26.8 Å². The van der Waals surface area contributed by atoms with E-state index in [4.69, 9.17) is 4.98 Å². The number of fused-ring (bicyclic) bond motifs is 1. The molecular formula is C21H21N5OS. The van der Waals surface area contributed by atoms with Gasteiger partial charge in [0.2, 0.25) is 0 Å². The summed E-state index contributed by atoms with van der Waals surface area (Å²) < 4.78 is 2.78. The van der Waals surface area contributed by atoms with Gasteiger partial charge in [0.15, 0.2) is 10.8 Å². The van der Waals surface area contributed by atoms with E-state index < -0.39 is 0 Å². The van der Waals surface area contributed by atoms with Crippen molar-refractivity contribution in [1.82, 2.24) is 19.7 Å². The molecule has 142 valence electrons. The fourth-order valence-electron chi connectivity index (χ4n) is 2.98. The highest BCUT2D eigenvalue weighted by atomic mass is 32.1. The number of carbonyl (C=O) groups excluding carboxylic acids is 1. The van der Waals surface area contributed by atoms with Gasteiger partial charge in [0.05, 0.1) is 22.5 Å². The Kier molecular flexibility index (Phi) is 4.92. The summed E-state index contributed by atoms with van der Waals surface area (Å²) in [6, 6.07) is 13.7. The summed E-state index contributed by atoms with van der Waals surface area (Å²) in [5, 5.41) is 5.02. The summed E-state index contributed by atoms with van der Waals surface area (Å²) in [5.74, 6) is -0.177. The topological polar surface area (TPSA) is 63.9 Å². The molecule has 0 aliphatic heterocycles. The molecule has 0 unspecified atom stereocenters. The highest BCUT2D eigenvalue weighted by molar-refractivity contribution is 7.22. The van der Waals surface area contributed by atoms with Crippen molar-refractivity contribution < 1.29 is 4.79 Å². The molecule has 4 aromatic rings. The third-order valence-electron chi connectivity index (χ3n) is 4.71. The quantitative estimate of drug-likeness (QED) is 0.513. The van der Waals surface area contributed by atoms with Gasteiger partial charge in [-0.25, -0.2) is 4.98 Å². The number of hydrogen-bond acceptors (Lipinski definition) is 5. The minimum Gasteiger partial charge on any atom is -0.276 e. The van der Waals surface area contributed by atoms with Crippen LogP contribution in [0.1, 0.15) is 34.4 Å². The Balaban J connectivity index is 1.76. The molecule has 0 N–H and O–H groups in total. The van der Waals surface area contributed by atoms with Gasteiger partial charge in [-0.3, -0.25) is 19.4 Å². The van der Waals surface area contributed by atoms with Gasteiger partial charge in [0.25, 0.3) is 5.91 Å². The number of thiazole rings is 1. The molecule has 0 spiro atoms. The molecule has 3 heterocycles. The second-order valence-electron chi connectivity index (χ2n) is 6.66. The van der Waals surface area contributed by atoms with E-state index in [0.717, 1.165) is 28.0 Å². The average Bonchev–Trinajstić information content (AvgIpc) is 3.28. The van der Waals surface area contributed by atoms with Crippen LogP contribution in [-0.2, 0) is 20.0 Å². The maximum Gasteiger partial charge on any atom is 0.280 e. The molecule has 1 aromatic carbocycles. The van der Waals surface area contributed by atoms with Gasteiger partial charge >= 0.3 is 0 Å². The Hall–Kier alpha value is -3.06. The van der Waals surface area contributed by atoms with Crippen LogP contribution < -0.4 is 4.90 Å². The minimum atomic E-state index is -0.177. The van der Waals surface area contributed by atoms with Crippen LogP contribution >= 0.6 is 11.3 Å². The van der Waals surface area contributed by atoms with E-state index in [1.165, 1.54) is 16.9 Å². The molecule has 4 rings (SSSR count). The fraction of sp³-hybridized carbons (Fsp3) is 0.238. The second-order valence-corrected chi connectivity index (χ2v) is 7.67. The van der Waals surface area contributed by atoms with E-state index in [9.17, 15) is 4.79 Å². The second kappa shape index (κ2) is 7.52. The number of amides is 1. The molecule has 0 radical (unpaired) electrons. The molecule has 1 amide bonds. The highest BCUT2D eigenvalue weighted by Gasteiger charge is 2.24. The van der Waals surface area contributed by atoms with Crippen molar-refractivity contribution in [3.63, 3.8) is 0 Å². The molecule has 0 bridgehead atoms. The zero-order valence-corrected chi connectivity index (χ0v) is 16.9. The SMILES string of the molecule is CCc1ccc2nc(N(Cc3ccccn3)C(=O)c3cc(C)n(C)n3)sc2c1. The molecule has 0 aliphatic rings. The number of pyridine rings is 1. The van der Waals surface area contributed by atoms with Crippen molar-refractivity contribution in [2.24, 2.45) is 7.05 Å². The van der Waals surface area contributed by atoms with E-state index in [1.54, 1.807) is 21.8 Å². The number of carbonyl (C=O) groups is 1. The van der Waals surface area contributed by atoms with Crippen LogP contribution in [0.3, 0.4) is 0 Å². The Labute approximate surface area is 167 Å². The zero-order valence-electron chi connectivity index (χ0n) is 16.1. The number of anilines is 1. The summed E-state index contributed by atoms with van der Waals surface area (Å²) in [6.45, 7) is 4.40. The smallest absolute Gasteiger partial charge is 0.276 e. The average molecular weight is 392 g/mol. The normalized spacial score (nSPS) is 11.1. The molecular weight excluding hydrogens is 370 g/mol. The molecule has 0 saturated heterocycles. The van der Waals surface area contributed by atoms with E-state index in [-0.39, 0.29) is 5.91 Å². The number of aryl methyl sites for hydroxylation is 3. The van der Waals surface area contributed by atoms with Crippen molar-refractivity contribution in [1.29, 1.82) is 0 Å². The maximum absolute atomic E-state index is 13.3. The molecule has 0 fully saturated rings. The number of nitrogens with zero attached hydrogens (tertiary/aromatic N) is 5. The third-order valence-corrected chi connectivity index (χ3v) is 5.75. The number of hydrogen-bond donors (Lipinski definition) is 0. The van der Waals surface area contributed by atoms with Gasteiger partial charge in [-0.15, -0.1) is 0 Å². The van der Waals surface area contributed by atoms with Gasteiger partial charge in [-0.05, 0) is 49.2 Å². The predicted octanol–water partition coefficient (Wildman–Crippen LogP) is 4.14. The van der Waals surface area contributed by atoms with Crippen molar-refractivity contribution in [3.05, 3.63) is 71.3 Å². The van der Waals surface area contributed by atoms with Crippen LogP contribution in [-0.4, -0.2) is 25.7 Å². The summed E-state index contributed by atoms with van der Waals surface area (Å²) in [4.78, 5) is 24.1. The van der Waals surface area contributed by atoms with Gasteiger partial charge in [-0.2, -0.15) is 5.10 Å². The Morgan fingerprint density at radius 2 is 2.07 bits per heavy atom. The number of benzene rings is 1. The standard InChI is InChI=1S/C21H21N5OS/c1-4-15-8-9-17-19(12-15)28-21(23-17)26(13-16-7-5-6-10-22-16)20(27)18-11-14(2)25(3)24-18/h5-12H,4,13H2,1-3H3. The van der Waals surface area contributed by atoms with Crippen LogP contribution in [0.25, 0.3) is 10.2 Å². The van der Waals surface area contributed by atoms with E-state index in [2.05, 4.69) is 29.1 Å². The fourth-order valence-corrected chi connectivity index (χ4v) is 4.00. The Bertz CT molecular complexity index is 1110. The van der Waals surface area contributed by atoms with Crippen LogP contribution in [0.4, 0.5) is 5.13 Å². The van der Waals surface area contributed by atoms with Gasteiger partial charge < -0.3 is 0 Å². The van der Waals surface area contributed by atoms with E-state index in [0.29, 0.717) is 17.4 Å². The summed E-state index contributed by atoms with van der Waals surface area (Å²) in [6.07, 6.45) is 2.70. The lowest BCUT2D eigenvalue weighted by Crippen LogP contribution is -2.31. The van der Waals surface area contributed by atoms with Crippen LogP contribution in [0.5, 0.6) is 0 Å². The lowest BCUT2D eigenvalue weighted by molar-refractivity contribution is 0.0979. The van der Waals surface area contributed by atoms with E-state index in [1.807, 2.05) is 38.2 Å². The first kappa shape index (κ1) is 18.3. The zero-order chi connectivity index (χ0) is 19.7. The lowest BCUT2D eigenvalue weighted by atomic mass is 10.2. The summed E-state index contributed by atoms with van der Waals surface area (Å²) >= 11 is 1.52. The first-order chi connectivity index (χ1) is 13.5. The summed E-state index contributed by atoms with van der Waals surface area (Å²) in [5.41, 5.74) is 4.29. The summed E-state index contributed by atoms with van der Waals surface area (Å²) in [7, 11) is 1.83. The first-order valence-electron chi connectivity index (χ1n) is 9.17. The maximum atomic E-state index is 13.3. The van der Waals surface area contributed by atoms with Crippen molar-refractivity contribution >= 4 is 32.6 Å². The van der Waals surface area contributed by atoms with Crippen molar-refractivity contribution in [3.8, 4) is 0 Å². The first-order valence-corrected chi connectivity index (χ1v) is 9.98.